The van der Waals surface area contributed by atoms with E-state index in [2.05, 4.69) is 21.8 Å². The number of aryl methyl sites for hydroxylation is 1. The summed E-state index contributed by atoms with van der Waals surface area (Å²) in [6, 6.07) is 22.8. The van der Waals surface area contributed by atoms with Gasteiger partial charge in [-0.1, -0.05) is 62.2 Å². The standard InChI is InChI=1S/C29H31N3O4S/c1-2-3-5-8-21-11-14-24(15-12-21)37(33,34)30-18-17-25-28(22-9-6-4-7-10-22)31-32-29(25)23-13-16-26-27(19-23)36-20-35-26/h4,6-7,9-16,19,30H,2-3,5,8,17-18,20H2,1H3,(H,31,32). The summed E-state index contributed by atoms with van der Waals surface area (Å²) in [4.78, 5) is 0.276. The van der Waals surface area contributed by atoms with Gasteiger partial charge in [-0.3, -0.25) is 5.10 Å². The number of aromatic amines is 1. The first-order valence-corrected chi connectivity index (χ1v) is 14.1. The molecule has 1 aromatic heterocycles. The SMILES string of the molecule is CCCCCc1ccc(S(=O)(=O)NCCc2c(-c3ccc4c(c3)OCO4)n[nH]c2-c2ccccc2)cc1. The van der Waals surface area contributed by atoms with Crippen molar-refractivity contribution in [2.75, 3.05) is 13.3 Å². The van der Waals surface area contributed by atoms with Gasteiger partial charge in [-0.05, 0) is 60.7 Å². The summed E-state index contributed by atoms with van der Waals surface area (Å²) in [5.74, 6) is 1.37. The van der Waals surface area contributed by atoms with Gasteiger partial charge in [0.15, 0.2) is 11.5 Å². The topological polar surface area (TPSA) is 93.3 Å². The van der Waals surface area contributed by atoms with Crippen molar-refractivity contribution in [2.24, 2.45) is 0 Å². The minimum atomic E-state index is -3.64. The minimum Gasteiger partial charge on any atom is -0.454 e. The van der Waals surface area contributed by atoms with Gasteiger partial charge in [-0.15, -0.1) is 0 Å². The summed E-state index contributed by atoms with van der Waals surface area (Å²) in [6.45, 7) is 2.60. The predicted octanol–water partition coefficient (Wildman–Crippen LogP) is 5.73. The molecule has 0 atom stereocenters. The number of H-pyrrole nitrogens is 1. The lowest BCUT2D eigenvalue weighted by Gasteiger charge is -2.10. The van der Waals surface area contributed by atoms with Crippen LogP contribution < -0.4 is 14.2 Å². The van der Waals surface area contributed by atoms with Crippen molar-refractivity contribution in [2.45, 2.75) is 43.9 Å². The second kappa shape index (κ2) is 11.2. The van der Waals surface area contributed by atoms with Crippen LogP contribution in [0.4, 0.5) is 0 Å². The number of nitrogens with zero attached hydrogens (tertiary/aromatic N) is 1. The second-order valence-electron chi connectivity index (χ2n) is 9.11. The smallest absolute Gasteiger partial charge is 0.240 e. The van der Waals surface area contributed by atoms with E-state index in [1.165, 1.54) is 6.42 Å². The molecule has 8 heteroatoms. The molecular weight excluding hydrogens is 486 g/mol. The van der Waals surface area contributed by atoms with Crippen LogP contribution in [0.2, 0.25) is 0 Å². The van der Waals surface area contributed by atoms with Gasteiger partial charge in [-0.25, -0.2) is 13.1 Å². The van der Waals surface area contributed by atoms with Crippen LogP contribution in [-0.2, 0) is 22.9 Å². The summed E-state index contributed by atoms with van der Waals surface area (Å²) in [5.41, 5.74) is 5.57. The molecule has 0 radical (unpaired) electrons. The third-order valence-electron chi connectivity index (χ3n) is 6.55. The molecule has 0 bridgehead atoms. The Bertz CT molecular complexity index is 1450. The van der Waals surface area contributed by atoms with Crippen molar-refractivity contribution in [3.8, 4) is 34.0 Å². The highest BCUT2D eigenvalue weighted by molar-refractivity contribution is 7.89. The molecule has 192 valence electrons. The lowest BCUT2D eigenvalue weighted by Crippen LogP contribution is -2.26. The Balaban J connectivity index is 1.35. The molecule has 2 heterocycles. The molecule has 1 aliphatic heterocycles. The fourth-order valence-corrected chi connectivity index (χ4v) is 5.57. The van der Waals surface area contributed by atoms with Gasteiger partial charge in [0.05, 0.1) is 16.3 Å². The van der Waals surface area contributed by atoms with Crippen LogP contribution in [-0.4, -0.2) is 32.0 Å². The quantitative estimate of drug-likeness (QED) is 0.248. The first-order chi connectivity index (χ1) is 18.0. The van der Waals surface area contributed by atoms with Crippen molar-refractivity contribution < 1.29 is 17.9 Å². The van der Waals surface area contributed by atoms with Crippen molar-refractivity contribution in [3.63, 3.8) is 0 Å². The average molecular weight is 518 g/mol. The zero-order valence-electron chi connectivity index (χ0n) is 20.9. The number of sulfonamides is 1. The maximum atomic E-state index is 13.0. The predicted molar refractivity (Wildman–Crippen MR) is 144 cm³/mol. The lowest BCUT2D eigenvalue weighted by atomic mass is 9.99. The zero-order valence-corrected chi connectivity index (χ0v) is 21.7. The van der Waals surface area contributed by atoms with Crippen LogP contribution in [0.15, 0.2) is 77.7 Å². The Hall–Kier alpha value is -3.62. The van der Waals surface area contributed by atoms with Crippen LogP contribution in [0.1, 0.15) is 37.3 Å². The summed E-state index contributed by atoms with van der Waals surface area (Å²) in [6.07, 6.45) is 4.87. The van der Waals surface area contributed by atoms with Crippen LogP contribution in [0.3, 0.4) is 0 Å². The molecule has 37 heavy (non-hydrogen) atoms. The van der Waals surface area contributed by atoms with E-state index in [1.807, 2.05) is 60.7 Å². The number of benzene rings is 3. The Morgan fingerprint density at radius 3 is 2.46 bits per heavy atom. The summed E-state index contributed by atoms with van der Waals surface area (Å²) < 4.78 is 39.8. The van der Waals surface area contributed by atoms with Crippen LogP contribution in [0.5, 0.6) is 11.5 Å². The van der Waals surface area contributed by atoms with E-state index in [0.717, 1.165) is 52.9 Å². The molecule has 0 saturated heterocycles. The van der Waals surface area contributed by atoms with E-state index in [-0.39, 0.29) is 18.2 Å². The molecule has 5 rings (SSSR count). The first kappa shape index (κ1) is 25.0. The van der Waals surface area contributed by atoms with Gasteiger partial charge >= 0.3 is 0 Å². The van der Waals surface area contributed by atoms with Crippen LogP contribution in [0, 0.1) is 0 Å². The van der Waals surface area contributed by atoms with Gasteiger partial charge < -0.3 is 9.47 Å². The van der Waals surface area contributed by atoms with Gasteiger partial charge in [0.1, 0.15) is 0 Å². The Kier molecular flexibility index (Phi) is 7.58. The lowest BCUT2D eigenvalue weighted by molar-refractivity contribution is 0.174. The molecule has 0 saturated carbocycles. The maximum Gasteiger partial charge on any atom is 0.240 e. The average Bonchev–Trinajstić information content (AvgIpc) is 3.56. The van der Waals surface area contributed by atoms with E-state index in [4.69, 9.17) is 9.47 Å². The molecule has 0 fully saturated rings. The highest BCUT2D eigenvalue weighted by Crippen LogP contribution is 2.38. The van der Waals surface area contributed by atoms with Crippen molar-refractivity contribution in [1.82, 2.24) is 14.9 Å². The van der Waals surface area contributed by atoms with Gasteiger partial charge in [0, 0.05) is 17.7 Å². The molecule has 2 N–H and O–H groups in total. The van der Waals surface area contributed by atoms with Gasteiger partial charge in [-0.2, -0.15) is 5.10 Å². The molecule has 7 nitrogen and oxygen atoms in total. The zero-order chi connectivity index (χ0) is 25.7. The molecular formula is C29H31N3O4S. The number of ether oxygens (including phenoxy) is 2. The molecule has 3 aromatic carbocycles. The molecule has 1 aliphatic rings. The normalized spacial score (nSPS) is 12.7. The Morgan fingerprint density at radius 2 is 1.68 bits per heavy atom. The largest absolute Gasteiger partial charge is 0.454 e. The van der Waals surface area contributed by atoms with Crippen molar-refractivity contribution in [3.05, 3.63) is 83.9 Å². The molecule has 0 amide bonds. The maximum absolute atomic E-state index is 13.0. The number of nitrogens with one attached hydrogen (secondary N) is 2. The highest BCUT2D eigenvalue weighted by atomic mass is 32.2. The number of unbranched alkanes of at least 4 members (excludes halogenated alkanes) is 2. The summed E-state index contributed by atoms with van der Waals surface area (Å²) >= 11 is 0. The molecule has 0 unspecified atom stereocenters. The van der Waals surface area contributed by atoms with E-state index < -0.39 is 10.0 Å². The summed E-state index contributed by atoms with van der Waals surface area (Å²) in [5, 5.41) is 7.77. The van der Waals surface area contributed by atoms with Gasteiger partial charge in [0.2, 0.25) is 16.8 Å². The number of fused-ring (bicyclic) bond motifs is 1. The van der Waals surface area contributed by atoms with Crippen molar-refractivity contribution in [1.29, 1.82) is 0 Å². The fraction of sp³-hybridized carbons (Fsp3) is 0.276. The first-order valence-electron chi connectivity index (χ1n) is 12.7. The third kappa shape index (κ3) is 5.70. The number of hydrogen-bond donors (Lipinski definition) is 2. The van der Waals surface area contributed by atoms with Crippen LogP contribution >= 0.6 is 0 Å². The third-order valence-corrected chi connectivity index (χ3v) is 8.02. The highest BCUT2D eigenvalue weighted by Gasteiger charge is 2.21. The van der Waals surface area contributed by atoms with E-state index >= 15 is 0 Å². The summed E-state index contributed by atoms with van der Waals surface area (Å²) in [7, 11) is -3.64. The molecule has 0 spiro atoms. The van der Waals surface area contributed by atoms with E-state index in [1.54, 1.807) is 12.1 Å². The van der Waals surface area contributed by atoms with E-state index in [9.17, 15) is 8.42 Å². The van der Waals surface area contributed by atoms with Crippen molar-refractivity contribution >= 4 is 10.0 Å². The van der Waals surface area contributed by atoms with Crippen LogP contribution in [0.25, 0.3) is 22.5 Å². The monoisotopic (exact) mass is 517 g/mol. The number of rotatable bonds is 11. The Labute approximate surface area is 217 Å². The Morgan fingerprint density at radius 1 is 0.892 bits per heavy atom. The number of aromatic nitrogens is 2. The second-order valence-corrected chi connectivity index (χ2v) is 10.9. The molecule has 4 aromatic rings. The number of hydrogen-bond acceptors (Lipinski definition) is 5. The van der Waals surface area contributed by atoms with E-state index in [0.29, 0.717) is 17.9 Å². The minimum absolute atomic E-state index is 0.197. The molecule has 0 aliphatic carbocycles. The fourth-order valence-electron chi connectivity index (χ4n) is 4.54. The van der Waals surface area contributed by atoms with Gasteiger partial charge in [0.25, 0.3) is 0 Å².